The fraction of sp³-hybridized carbons (Fsp3) is 0.500. The summed E-state index contributed by atoms with van der Waals surface area (Å²) in [5, 5.41) is 3.70. The number of nitrogens with two attached hydrogens (primary N) is 1. The van der Waals surface area contributed by atoms with E-state index in [1.54, 1.807) is 0 Å². The summed E-state index contributed by atoms with van der Waals surface area (Å²) < 4.78 is 20.3. The highest BCUT2D eigenvalue weighted by molar-refractivity contribution is 6.28. The molecule has 3 heterocycles. The van der Waals surface area contributed by atoms with Crippen molar-refractivity contribution < 1.29 is 19.0 Å². The van der Waals surface area contributed by atoms with Crippen LogP contribution in [0.3, 0.4) is 0 Å². The van der Waals surface area contributed by atoms with E-state index in [9.17, 15) is 4.79 Å². The lowest BCUT2D eigenvalue weighted by Gasteiger charge is -2.25. The highest BCUT2D eigenvalue weighted by Crippen LogP contribution is 2.51. The highest BCUT2D eigenvalue weighted by atomic mass is 35.5. The van der Waals surface area contributed by atoms with Crippen LogP contribution in [0.2, 0.25) is 5.28 Å². The van der Waals surface area contributed by atoms with Gasteiger partial charge in [-0.2, -0.15) is 4.98 Å². The first-order valence-electron chi connectivity index (χ1n) is 12.1. The first-order valence-corrected chi connectivity index (χ1v) is 12.5. The van der Waals surface area contributed by atoms with Gasteiger partial charge in [-0.25, -0.2) is 9.78 Å². The van der Waals surface area contributed by atoms with Crippen molar-refractivity contribution in [2.75, 3.05) is 5.73 Å². The molecular formula is C26H32ClN5O4. The smallest absolute Gasteiger partial charge is 0.407 e. The van der Waals surface area contributed by atoms with Crippen LogP contribution in [0.4, 0.5) is 10.6 Å². The zero-order valence-electron chi connectivity index (χ0n) is 21.1. The minimum Gasteiger partial charge on any atom is -0.444 e. The maximum atomic E-state index is 12.1. The van der Waals surface area contributed by atoms with E-state index in [4.69, 9.17) is 31.5 Å². The Labute approximate surface area is 215 Å². The topological polar surface area (TPSA) is 114 Å². The third-order valence-electron chi connectivity index (χ3n) is 6.58. The molecule has 2 fully saturated rings. The Hall–Kier alpha value is -2.88. The molecule has 3 aromatic rings. The highest BCUT2D eigenvalue weighted by Gasteiger charge is 2.55. The molecule has 9 nitrogen and oxygen atoms in total. The molecule has 2 aromatic heterocycles. The average molecular weight is 514 g/mol. The molecule has 2 aliphatic rings. The molecule has 0 radical (unpaired) electrons. The predicted octanol–water partition coefficient (Wildman–Crippen LogP) is 4.94. The van der Waals surface area contributed by atoms with Gasteiger partial charge in [-0.05, 0) is 69.8 Å². The van der Waals surface area contributed by atoms with Gasteiger partial charge in [-0.15, -0.1) is 0 Å². The summed E-state index contributed by atoms with van der Waals surface area (Å²) in [4.78, 5) is 20.7. The molecule has 1 aliphatic heterocycles. The number of hydrogen-bond acceptors (Lipinski definition) is 7. The first kappa shape index (κ1) is 24.8. The number of anilines is 1. The van der Waals surface area contributed by atoms with Crippen LogP contribution in [0.25, 0.3) is 11.0 Å². The number of fused-ring (bicyclic) bond motifs is 2. The summed E-state index contributed by atoms with van der Waals surface area (Å²) in [7, 11) is 0. The van der Waals surface area contributed by atoms with Gasteiger partial charge in [-0.1, -0.05) is 24.3 Å². The number of amides is 1. The Bertz CT molecular complexity index is 1300. The summed E-state index contributed by atoms with van der Waals surface area (Å²) in [6, 6.07) is 10.1. The quantitative estimate of drug-likeness (QED) is 0.475. The second kappa shape index (κ2) is 8.90. The van der Waals surface area contributed by atoms with Crippen molar-refractivity contribution in [1.29, 1.82) is 0 Å². The minimum atomic E-state index is -0.712. The van der Waals surface area contributed by atoms with E-state index in [0.717, 1.165) is 22.9 Å². The lowest BCUT2D eigenvalue weighted by Crippen LogP contribution is -2.32. The van der Waals surface area contributed by atoms with E-state index in [1.807, 2.05) is 59.0 Å². The lowest BCUT2D eigenvalue weighted by atomic mass is 9.93. The predicted molar refractivity (Wildman–Crippen MR) is 137 cm³/mol. The van der Waals surface area contributed by atoms with E-state index in [1.165, 1.54) is 0 Å². The zero-order valence-corrected chi connectivity index (χ0v) is 21.9. The van der Waals surface area contributed by atoms with Crippen LogP contribution in [-0.4, -0.2) is 44.2 Å². The van der Waals surface area contributed by atoms with E-state index >= 15 is 0 Å². The van der Waals surface area contributed by atoms with Crippen LogP contribution in [0.1, 0.15) is 64.1 Å². The third-order valence-corrected chi connectivity index (χ3v) is 6.75. The molecule has 0 bridgehead atoms. The Morgan fingerprint density at radius 3 is 2.75 bits per heavy atom. The molecule has 0 spiro atoms. The number of nitrogen functional groups attached to an aromatic ring is 1. The monoisotopic (exact) mass is 513 g/mol. The van der Waals surface area contributed by atoms with Gasteiger partial charge >= 0.3 is 6.09 Å². The van der Waals surface area contributed by atoms with Gasteiger partial charge in [0.1, 0.15) is 23.2 Å². The van der Waals surface area contributed by atoms with Gasteiger partial charge in [0.15, 0.2) is 5.79 Å². The van der Waals surface area contributed by atoms with Gasteiger partial charge in [0.25, 0.3) is 0 Å². The van der Waals surface area contributed by atoms with E-state index in [2.05, 4.69) is 32.0 Å². The number of aromatic nitrogens is 3. The normalized spacial score (nSPS) is 25.2. The van der Waals surface area contributed by atoms with E-state index in [0.29, 0.717) is 18.0 Å². The Morgan fingerprint density at radius 2 is 2.00 bits per heavy atom. The third kappa shape index (κ3) is 4.87. The van der Waals surface area contributed by atoms with Crippen LogP contribution < -0.4 is 11.1 Å². The molecule has 10 heteroatoms. The molecule has 36 heavy (non-hydrogen) atoms. The molecule has 3 N–H and O–H groups in total. The SMILES string of the molecule is CC(C)(C)OC(=O)NCc1cccc([C@H]2C[C@@H](n3ccc4c(N)nc(Cl)nc43)[C@@H]3OC(C)(C)O[C@@H]32)c1. The molecular weight excluding hydrogens is 482 g/mol. The van der Waals surface area contributed by atoms with Crippen molar-refractivity contribution in [2.24, 2.45) is 0 Å². The van der Waals surface area contributed by atoms with Crippen molar-refractivity contribution in [3.8, 4) is 0 Å². The van der Waals surface area contributed by atoms with E-state index in [-0.39, 0.29) is 29.5 Å². The number of carbonyl (C=O) groups is 1. The molecule has 5 rings (SSSR count). The second-order valence-electron chi connectivity index (χ2n) is 10.9. The maximum Gasteiger partial charge on any atom is 0.407 e. The van der Waals surface area contributed by atoms with Crippen LogP contribution in [0.15, 0.2) is 36.5 Å². The van der Waals surface area contributed by atoms with Gasteiger partial charge in [0.05, 0.1) is 17.5 Å². The van der Waals surface area contributed by atoms with Crippen molar-refractivity contribution in [1.82, 2.24) is 19.9 Å². The number of nitrogens with zero attached hydrogens (tertiary/aromatic N) is 3. The van der Waals surface area contributed by atoms with Crippen molar-refractivity contribution in [3.63, 3.8) is 0 Å². The van der Waals surface area contributed by atoms with Gasteiger partial charge in [0.2, 0.25) is 5.28 Å². The average Bonchev–Trinajstić information content (AvgIpc) is 3.42. The standard InChI is InChI=1S/C26H32ClN5O4/c1-25(2,3)36-24(33)29-13-14-7-6-8-15(11-14)17-12-18(20-19(17)34-26(4,5)35-20)32-10-9-16-21(28)30-23(27)31-22(16)32/h6-11,17-20H,12-13H2,1-5H3,(H,29,33)(H2,28,30,31)/t17-,18-,19-,20+/m1/s1. The number of alkyl carbamates (subject to hydrolysis) is 1. The summed E-state index contributed by atoms with van der Waals surface area (Å²) in [6.45, 7) is 9.76. The summed E-state index contributed by atoms with van der Waals surface area (Å²) >= 11 is 6.14. The Balaban J connectivity index is 1.42. The fourth-order valence-electron chi connectivity index (χ4n) is 5.27. The molecule has 192 valence electrons. The molecule has 1 amide bonds. The van der Waals surface area contributed by atoms with Crippen molar-refractivity contribution in [3.05, 3.63) is 52.9 Å². The number of carbonyl (C=O) groups excluding carboxylic acids is 1. The largest absolute Gasteiger partial charge is 0.444 e. The second-order valence-corrected chi connectivity index (χ2v) is 11.3. The summed E-state index contributed by atoms with van der Waals surface area (Å²) in [5.74, 6) is -0.282. The Morgan fingerprint density at radius 1 is 1.25 bits per heavy atom. The number of rotatable bonds is 4. The summed E-state index contributed by atoms with van der Waals surface area (Å²) in [6.07, 6.45) is 1.97. The zero-order chi connectivity index (χ0) is 25.8. The molecule has 1 saturated heterocycles. The number of hydrogen-bond donors (Lipinski definition) is 2. The van der Waals surface area contributed by atoms with Gasteiger partial charge < -0.3 is 29.8 Å². The number of nitrogens with one attached hydrogen (secondary N) is 1. The van der Waals surface area contributed by atoms with Crippen LogP contribution in [0, 0.1) is 0 Å². The van der Waals surface area contributed by atoms with Crippen LogP contribution in [0.5, 0.6) is 0 Å². The first-order chi connectivity index (χ1) is 16.9. The van der Waals surface area contributed by atoms with Crippen LogP contribution >= 0.6 is 11.6 Å². The number of benzene rings is 1. The minimum absolute atomic E-state index is 0.0341. The molecule has 0 unspecified atom stereocenters. The van der Waals surface area contributed by atoms with Crippen molar-refractivity contribution >= 4 is 34.5 Å². The van der Waals surface area contributed by atoms with Gasteiger partial charge in [-0.3, -0.25) is 0 Å². The van der Waals surface area contributed by atoms with E-state index < -0.39 is 17.5 Å². The molecule has 1 saturated carbocycles. The molecule has 4 atom stereocenters. The Kier molecular flexibility index (Phi) is 6.13. The maximum absolute atomic E-state index is 12.1. The lowest BCUT2D eigenvalue weighted by molar-refractivity contribution is -0.157. The number of ether oxygens (including phenoxy) is 3. The fourth-order valence-corrected chi connectivity index (χ4v) is 5.44. The van der Waals surface area contributed by atoms with Crippen molar-refractivity contribution in [2.45, 2.75) is 83.1 Å². The van der Waals surface area contributed by atoms with Gasteiger partial charge in [0, 0.05) is 18.7 Å². The molecule has 1 aromatic carbocycles. The number of halogens is 1. The van der Waals surface area contributed by atoms with Crippen LogP contribution in [-0.2, 0) is 20.8 Å². The summed E-state index contributed by atoms with van der Waals surface area (Å²) in [5.41, 5.74) is 8.34. The molecule has 1 aliphatic carbocycles.